The van der Waals surface area contributed by atoms with Gasteiger partial charge >= 0.3 is 6.03 Å². The highest BCUT2D eigenvalue weighted by Crippen LogP contribution is 2.27. The van der Waals surface area contributed by atoms with Crippen molar-refractivity contribution in [3.8, 4) is 5.75 Å². The van der Waals surface area contributed by atoms with Gasteiger partial charge in [0.05, 0.1) is 5.69 Å². The first kappa shape index (κ1) is 22.3. The molecule has 1 fully saturated rings. The molecule has 1 saturated heterocycles. The van der Waals surface area contributed by atoms with Crippen molar-refractivity contribution in [3.63, 3.8) is 0 Å². The average Bonchev–Trinajstić information content (AvgIpc) is 2.79. The van der Waals surface area contributed by atoms with Crippen LogP contribution >= 0.6 is 11.6 Å². The Morgan fingerprint density at radius 2 is 1.70 bits per heavy atom. The van der Waals surface area contributed by atoms with Crippen molar-refractivity contribution in [2.45, 2.75) is 20.5 Å². The number of aryl methyl sites for hydroxylation is 1. The van der Waals surface area contributed by atoms with E-state index >= 15 is 0 Å². The summed E-state index contributed by atoms with van der Waals surface area (Å²) in [7, 11) is 0. The molecular weight excluding hydrogens is 440 g/mol. The zero-order valence-corrected chi connectivity index (χ0v) is 18.8. The van der Waals surface area contributed by atoms with Crippen LogP contribution in [0.15, 0.2) is 72.3 Å². The van der Waals surface area contributed by atoms with Crippen LogP contribution in [0.5, 0.6) is 5.75 Å². The van der Waals surface area contributed by atoms with Crippen LogP contribution in [0.1, 0.15) is 22.3 Å². The highest BCUT2D eigenvalue weighted by atomic mass is 35.5. The maximum atomic E-state index is 13.2. The van der Waals surface area contributed by atoms with Crippen LogP contribution in [-0.2, 0) is 16.2 Å². The molecule has 1 aliphatic heterocycles. The molecule has 3 aromatic carbocycles. The van der Waals surface area contributed by atoms with Crippen molar-refractivity contribution >= 4 is 41.2 Å². The fourth-order valence-corrected chi connectivity index (χ4v) is 3.59. The Balaban J connectivity index is 1.59. The average molecular weight is 461 g/mol. The normalized spacial score (nSPS) is 15.1. The predicted octanol–water partition coefficient (Wildman–Crippen LogP) is 5.20. The number of urea groups is 1. The lowest BCUT2D eigenvalue weighted by molar-refractivity contribution is -0.122. The second kappa shape index (κ2) is 9.30. The second-order valence-electron chi connectivity index (χ2n) is 7.66. The Morgan fingerprint density at radius 3 is 2.45 bits per heavy atom. The van der Waals surface area contributed by atoms with Crippen LogP contribution in [0.3, 0.4) is 0 Å². The fourth-order valence-electron chi connectivity index (χ4n) is 3.46. The number of amides is 4. The van der Waals surface area contributed by atoms with Gasteiger partial charge in [-0.25, -0.2) is 9.69 Å². The highest BCUT2D eigenvalue weighted by Gasteiger charge is 2.37. The molecular formula is C26H21ClN2O4. The third-order valence-corrected chi connectivity index (χ3v) is 5.66. The van der Waals surface area contributed by atoms with Gasteiger partial charge in [0, 0.05) is 5.02 Å². The minimum absolute atomic E-state index is 0.134. The smallest absolute Gasteiger partial charge is 0.335 e. The number of nitrogens with one attached hydrogen (secondary N) is 1. The monoisotopic (exact) mass is 460 g/mol. The molecule has 0 aliphatic carbocycles. The van der Waals surface area contributed by atoms with Crippen LogP contribution in [0.4, 0.5) is 10.5 Å². The largest absolute Gasteiger partial charge is 0.489 e. The molecule has 4 amide bonds. The molecule has 7 heteroatoms. The third kappa shape index (κ3) is 4.81. The number of carbonyl (C=O) groups is 3. The van der Waals surface area contributed by atoms with Crippen molar-refractivity contribution in [1.29, 1.82) is 0 Å². The van der Waals surface area contributed by atoms with E-state index in [9.17, 15) is 14.4 Å². The molecule has 0 saturated carbocycles. The standard InChI is InChI=1S/C26H21ClN2O4/c1-16-5-3-8-23(17(16)2)29-25(31)22(24(30)28-26(29)32)14-19-6-4-7-21(13-19)33-15-18-9-11-20(27)12-10-18/h3-14H,15H2,1-2H3,(H,28,30,32)/b22-14-. The summed E-state index contributed by atoms with van der Waals surface area (Å²) in [5.41, 5.74) is 3.57. The van der Waals surface area contributed by atoms with Gasteiger partial charge in [-0.05, 0) is 72.5 Å². The van der Waals surface area contributed by atoms with E-state index in [0.717, 1.165) is 21.6 Å². The van der Waals surface area contributed by atoms with E-state index in [-0.39, 0.29) is 5.57 Å². The number of halogens is 1. The number of hydrogen-bond acceptors (Lipinski definition) is 4. The molecule has 1 aliphatic rings. The van der Waals surface area contributed by atoms with Crippen LogP contribution < -0.4 is 15.0 Å². The first-order valence-corrected chi connectivity index (χ1v) is 10.7. The zero-order valence-electron chi connectivity index (χ0n) is 18.1. The lowest BCUT2D eigenvalue weighted by atomic mass is 10.0. The molecule has 0 bridgehead atoms. The number of anilines is 1. The molecule has 166 valence electrons. The fraction of sp³-hybridized carbons (Fsp3) is 0.115. The van der Waals surface area contributed by atoms with E-state index in [2.05, 4.69) is 5.32 Å². The number of carbonyl (C=O) groups excluding carboxylic acids is 3. The summed E-state index contributed by atoms with van der Waals surface area (Å²) in [5.74, 6) is -0.839. The quantitative estimate of drug-likeness (QED) is 0.419. The van der Waals surface area contributed by atoms with Crippen LogP contribution in [-0.4, -0.2) is 17.8 Å². The number of imide groups is 2. The van der Waals surface area contributed by atoms with Gasteiger partial charge in [0.15, 0.2) is 0 Å². The van der Waals surface area contributed by atoms with Crippen molar-refractivity contribution in [1.82, 2.24) is 5.32 Å². The van der Waals surface area contributed by atoms with Crippen LogP contribution in [0, 0.1) is 13.8 Å². The first-order valence-electron chi connectivity index (χ1n) is 10.3. The van der Waals surface area contributed by atoms with Crippen LogP contribution in [0.2, 0.25) is 5.02 Å². The number of hydrogen-bond donors (Lipinski definition) is 1. The summed E-state index contributed by atoms with van der Waals surface area (Å²) in [6.07, 6.45) is 1.46. The Bertz CT molecular complexity index is 1280. The Labute approximate surface area is 196 Å². The topological polar surface area (TPSA) is 75.7 Å². The Hall–Kier alpha value is -3.90. The molecule has 1 N–H and O–H groups in total. The van der Waals surface area contributed by atoms with E-state index in [1.165, 1.54) is 6.08 Å². The summed E-state index contributed by atoms with van der Waals surface area (Å²) >= 11 is 5.91. The lowest BCUT2D eigenvalue weighted by Crippen LogP contribution is -2.54. The molecule has 0 radical (unpaired) electrons. The number of barbiturate groups is 1. The molecule has 33 heavy (non-hydrogen) atoms. The van der Waals surface area contributed by atoms with Gasteiger partial charge in [-0.2, -0.15) is 0 Å². The molecule has 1 heterocycles. The van der Waals surface area contributed by atoms with E-state index in [4.69, 9.17) is 16.3 Å². The first-order chi connectivity index (χ1) is 15.8. The minimum Gasteiger partial charge on any atom is -0.489 e. The number of nitrogens with zero attached hydrogens (tertiary/aromatic N) is 1. The molecule has 0 atom stereocenters. The van der Waals surface area contributed by atoms with Crippen molar-refractivity contribution in [2.75, 3.05) is 4.90 Å². The Morgan fingerprint density at radius 1 is 0.970 bits per heavy atom. The number of ether oxygens (including phenoxy) is 1. The van der Waals surface area contributed by atoms with Gasteiger partial charge in [0.1, 0.15) is 17.9 Å². The highest BCUT2D eigenvalue weighted by molar-refractivity contribution is 6.39. The van der Waals surface area contributed by atoms with Gasteiger partial charge in [-0.15, -0.1) is 0 Å². The third-order valence-electron chi connectivity index (χ3n) is 5.41. The van der Waals surface area contributed by atoms with Gasteiger partial charge in [-0.3, -0.25) is 14.9 Å². The SMILES string of the molecule is Cc1cccc(N2C(=O)NC(=O)/C(=C/c3cccc(OCc4ccc(Cl)cc4)c3)C2=O)c1C. The molecule has 6 nitrogen and oxygen atoms in total. The molecule has 0 unspecified atom stereocenters. The van der Waals surface area contributed by atoms with Gasteiger partial charge in [-0.1, -0.05) is 48.0 Å². The zero-order chi connectivity index (χ0) is 23.5. The van der Waals surface area contributed by atoms with Crippen molar-refractivity contribution < 1.29 is 19.1 Å². The summed E-state index contributed by atoms with van der Waals surface area (Å²) < 4.78 is 5.83. The molecule has 3 aromatic rings. The van der Waals surface area contributed by atoms with E-state index in [0.29, 0.717) is 28.6 Å². The van der Waals surface area contributed by atoms with E-state index < -0.39 is 17.8 Å². The van der Waals surface area contributed by atoms with Crippen molar-refractivity contribution in [2.24, 2.45) is 0 Å². The van der Waals surface area contributed by atoms with Gasteiger partial charge in [0.2, 0.25) is 0 Å². The maximum absolute atomic E-state index is 13.2. The second-order valence-corrected chi connectivity index (χ2v) is 8.10. The van der Waals surface area contributed by atoms with Crippen molar-refractivity contribution in [3.05, 3.63) is 99.6 Å². The predicted molar refractivity (Wildman–Crippen MR) is 127 cm³/mol. The van der Waals surface area contributed by atoms with E-state index in [1.807, 2.05) is 32.0 Å². The van der Waals surface area contributed by atoms with Crippen LogP contribution in [0.25, 0.3) is 6.08 Å². The molecule has 0 spiro atoms. The molecule has 4 rings (SSSR count). The lowest BCUT2D eigenvalue weighted by Gasteiger charge is -2.28. The Kier molecular flexibility index (Phi) is 6.29. The van der Waals surface area contributed by atoms with Gasteiger partial charge < -0.3 is 4.74 Å². The summed E-state index contributed by atoms with van der Waals surface area (Å²) in [6.45, 7) is 4.06. The number of benzene rings is 3. The van der Waals surface area contributed by atoms with Gasteiger partial charge in [0.25, 0.3) is 11.8 Å². The maximum Gasteiger partial charge on any atom is 0.335 e. The summed E-state index contributed by atoms with van der Waals surface area (Å²) in [5, 5.41) is 2.91. The summed E-state index contributed by atoms with van der Waals surface area (Å²) in [6, 6.07) is 18.9. The molecule has 0 aromatic heterocycles. The summed E-state index contributed by atoms with van der Waals surface area (Å²) in [4.78, 5) is 39.1. The minimum atomic E-state index is -0.768. The van der Waals surface area contributed by atoms with E-state index in [1.54, 1.807) is 48.5 Å². The number of rotatable bonds is 5.